The van der Waals surface area contributed by atoms with E-state index in [4.69, 9.17) is 0 Å². The molecule has 1 saturated heterocycles. The molecule has 1 fully saturated rings. The Morgan fingerprint density at radius 3 is 2.68 bits per heavy atom. The second-order valence-electron chi connectivity index (χ2n) is 5.40. The Hall–Kier alpha value is -1.48. The summed E-state index contributed by atoms with van der Waals surface area (Å²) in [4.78, 5) is 25.3. The van der Waals surface area contributed by atoms with Crippen molar-refractivity contribution in [1.82, 2.24) is 4.90 Å². The van der Waals surface area contributed by atoms with E-state index in [9.17, 15) is 9.59 Å². The molecule has 1 aromatic rings. The van der Waals surface area contributed by atoms with Gasteiger partial charge in [-0.15, -0.1) is 0 Å². The van der Waals surface area contributed by atoms with Crippen LogP contribution in [0.15, 0.2) is 30.3 Å². The van der Waals surface area contributed by atoms with Gasteiger partial charge in [0.15, 0.2) is 0 Å². The highest BCUT2D eigenvalue weighted by Gasteiger charge is 2.26. The minimum atomic E-state index is -0.0230. The molecule has 1 heterocycles. The highest BCUT2D eigenvalue weighted by atomic mass is 16.1. The van der Waals surface area contributed by atoms with Gasteiger partial charge in [0, 0.05) is 19.0 Å². The van der Waals surface area contributed by atoms with Gasteiger partial charge < -0.3 is 0 Å². The lowest BCUT2D eigenvalue weighted by atomic mass is 9.91. The molecule has 0 aromatic heterocycles. The molecule has 1 aliphatic rings. The molecule has 19 heavy (non-hydrogen) atoms. The van der Waals surface area contributed by atoms with Crippen LogP contribution in [-0.2, 0) is 16.1 Å². The van der Waals surface area contributed by atoms with Gasteiger partial charge in [0.2, 0.25) is 0 Å². The van der Waals surface area contributed by atoms with Crippen LogP contribution in [0.5, 0.6) is 0 Å². The Morgan fingerprint density at radius 2 is 2.00 bits per heavy atom. The van der Waals surface area contributed by atoms with Crippen molar-refractivity contribution in [3.63, 3.8) is 0 Å². The summed E-state index contributed by atoms with van der Waals surface area (Å²) in [5, 5.41) is 0. The van der Waals surface area contributed by atoms with Crippen molar-refractivity contribution in [2.45, 2.75) is 32.7 Å². The third kappa shape index (κ3) is 4.28. The summed E-state index contributed by atoms with van der Waals surface area (Å²) < 4.78 is 0. The van der Waals surface area contributed by atoms with Crippen LogP contribution in [0.1, 0.15) is 31.7 Å². The first-order valence-corrected chi connectivity index (χ1v) is 6.93. The molecule has 102 valence electrons. The van der Waals surface area contributed by atoms with Crippen LogP contribution in [0.3, 0.4) is 0 Å². The van der Waals surface area contributed by atoms with Gasteiger partial charge in [-0.3, -0.25) is 14.5 Å². The molecule has 1 aliphatic heterocycles. The molecule has 0 radical (unpaired) electrons. The van der Waals surface area contributed by atoms with Crippen LogP contribution in [0.2, 0.25) is 0 Å². The van der Waals surface area contributed by atoms with E-state index in [-0.39, 0.29) is 23.9 Å². The van der Waals surface area contributed by atoms with E-state index in [2.05, 4.69) is 17.0 Å². The number of ketones is 2. The fraction of sp³-hybridized carbons (Fsp3) is 0.500. The number of benzene rings is 1. The van der Waals surface area contributed by atoms with Gasteiger partial charge in [0.1, 0.15) is 11.6 Å². The first kappa shape index (κ1) is 13.9. The topological polar surface area (TPSA) is 37.4 Å². The molecule has 3 nitrogen and oxygen atoms in total. The molecule has 0 aliphatic carbocycles. The minimum absolute atomic E-state index is 0.0230. The van der Waals surface area contributed by atoms with E-state index < -0.39 is 0 Å². The molecule has 0 N–H and O–H groups in total. The maximum absolute atomic E-state index is 12.0. The number of Topliss-reactive ketones (excluding diaryl/α,β-unsaturated/α-hetero) is 2. The zero-order chi connectivity index (χ0) is 13.7. The summed E-state index contributed by atoms with van der Waals surface area (Å²) in [5.74, 6) is 0.136. The Bertz CT molecular complexity index is 441. The van der Waals surface area contributed by atoms with Gasteiger partial charge in [-0.2, -0.15) is 0 Å². The predicted molar refractivity (Wildman–Crippen MR) is 74.7 cm³/mol. The lowest BCUT2D eigenvalue weighted by molar-refractivity contribution is -0.129. The third-order valence-corrected chi connectivity index (χ3v) is 3.63. The Labute approximate surface area is 114 Å². The van der Waals surface area contributed by atoms with E-state index in [0.717, 1.165) is 32.5 Å². The third-order valence-electron chi connectivity index (χ3n) is 3.63. The first-order chi connectivity index (χ1) is 9.15. The molecule has 2 rings (SSSR count). The van der Waals surface area contributed by atoms with Crippen molar-refractivity contribution in [2.24, 2.45) is 5.92 Å². The van der Waals surface area contributed by atoms with Crippen molar-refractivity contribution in [3.8, 4) is 0 Å². The molecule has 1 unspecified atom stereocenters. The fourth-order valence-corrected chi connectivity index (χ4v) is 2.69. The number of carbonyl (C=O) groups is 2. The monoisotopic (exact) mass is 259 g/mol. The number of likely N-dealkylation sites (tertiary alicyclic amines) is 1. The van der Waals surface area contributed by atoms with Crippen molar-refractivity contribution in [1.29, 1.82) is 0 Å². The highest BCUT2D eigenvalue weighted by molar-refractivity contribution is 5.99. The number of carbonyl (C=O) groups excluding carboxylic acids is 2. The predicted octanol–water partition coefficient (Wildman–Crippen LogP) is 2.45. The SMILES string of the molecule is CC(=O)CC(=O)C1CCCN(Cc2ccccc2)C1. The maximum atomic E-state index is 12.0. The van der Waals surface area contributed by atoms with E-state index in [1.165, 1.54) is 12.5 Å². The van der Waals surface area contributed by atoms with Crippen molar-refractivity contribution < 1.29 is 9.59 Å². The second-order valence-corrected chi connectivity index (χ2v) is 5.40. The Balaban J connectivity index is 1.90. The molecule has 0 bridgehead atoms. The number of hydrogen-bond donors (Lipinski definition) is 0. The largest absolute Gasteiger partial charge is 0.300 e. The molecule has 1 aromatic carbocycles. The van der Waals surface area contributed by atoms with E-state index in [1.54, 1.807) is 0 Å². The standard InChI is InChI=1S/C16H21NO2/c1-13(18)10-16(19)15-8-5-9-17(12-15)11-14-6-3-2-4-7-14/h2-4,6-7,15H,5,8-12H2,1H3. The average Bonchev–Trinajstić information content (AvgIpc) is 2.39. The lowest BCUT2D eigenvalue weighted by Gasteiger charge is -2.31. The number of nitrogens with zero attached hydrogens (tertiary/aromatic N) is 1. The first-order valence-electron chi connectivity index (χ1n) is 6.93. The van der Waals surface area contributed by atoms with Gasteiger partial charge in [0.05, 0.1) is 6.42 Å². The van der Waals surface area contributed by atoms with Gasteiger partial charge >= 0.3 is 0 Å². The van der Waals surface area contributed by atoms with Gasteiger partial charge in [-0.05, 0) is 31.9 Å². The van der Waals surface area contributed by atoms with Crippen LogP contribution < -0.4 is 0 Å². The second kappa shape index (κ2) is 6.62. The maximum Gasteiger partial charge on any atom is 0.144 e. The zero-order valence-electron chi connectivity index (χ0n) is 11.5. The van der Waals surface area contributed by atoms with Crippen molar-refractivity contribution >= 4 is 11.6 Å². The molecule has 1 atom stereocenters. The van der Waals surface area contributed by atoms with Gasteiger partial charge in [-0.25, -0.2) is 0 Å². The summed E-state index contributed by atoms with van der Waals surface area (Å²) >= 11 is 0. The zero-order valence-corrected chi connectivity index (χ0v) is 11.5. The summed E-state index contributed by atoms with van der Waals surface area (Å²) in [7, 11) is 0. The molecular weight excluding hydrogens is 238 g/mol. The Morgan fingerprint density at radius 1 is 1.26 bits per heavy atom. The fourth-order valence-electron chi connectivity index (χ4n) is 2.69. The molecule has 0 amide bonds. The molecule has 0 spiro atoms. The van der Waals surface area contributed by atoms with Crippen LogP contribution >= 0.6 is 0 Å². The van der Waals surface area contributed by atoms with Crippen molar-refractivity contribution in [3.05, 3.63) is 35.9 Å². The normalized spacial score (nSPS) is 20.2. The Kier molecular flexibility index (Phi) is 4.86. The lowest BCUT2D eigenvalue weighted by Crippen LogP contribution is -2.38. The summed E-state index contributed by atoms with van der Waals surface area (Å²) in [5.41, 5.74) is 1.28. The molecule has 3 heteroatoms. The van der Waals surface area contributed by atoms with E-state index >= 15 is 0 Å². The molecular formula is C16H21NO2. The number of hydrogen-bond acceptors (Lipinski definition) is 3. The molecule has 0 saturated carbocycles. The van der Waals surface area contributed by atoms with Crippen LogP contribution in [0, 0.1) is 5.92 Å². The van der Waals surface area contributed by atoms with Crippen molar-refractivity contribution in [2.75, 3.05) is 13.1 Å². The number of rotatable bonds is 5. The number of piperidine rings is 1. The summed E-state index contributed by atoms with van der Waals surface area (Å²) in [6.07, 6.45) is 2.07. The van der Waals surface area contributed by atoms with Crippen LogP contribution in [0.4, 0.5) is 0 Å². The van der Waals surface area contributed by atoms with E-state index in [0.29, 0.717) is 0 Å². The van der Waals surface area contributed by atoms with Crippen LogP contribution in [-0.4, -0.2) is 29.6 Å². The van der Waals surface area contributed by atoms with E-state index in [1.807, 2.05) is 18.2 Å². The van der Waals surface area contributed by atoms with Gasteiger partial charge in [-0.1, -0.05) is 30.3 Å². The van der Waals surface area contributed by atoms with Crippen LogP contribution in [0.25, 0.3) is 0 Å². The smallest absolute Gasteiger partial charge is 0.144 e. The van der Waals surface area contributed by atoms with Gasteiger partial charge in [0.25, 0.3) is 0 Å². The quantitative estimate of drug-likeness (QED) is 0.762. The summed E-state index contributed by atoms with van der Waals surface area (Å²) in [6, 6.07) is 10.3. The average molecular weight is 259 g/mol. The summed E-state index contributed by atoms with van der Waals surface area (Å²) in [6.45, 7) is 4.22. The minimum Gasteiger partial charge on any atom is -0.300 e. The highest BCUT2D eigenvalue weighted by Crippen LogP contribution is 2.20.